The van der Waals surface area contributed by atoms with Gasteiger partial charge < -0.3 is 15.0 Å². The van der Waals surface area contributed by atoms with Gasteiger partial charge in [0.1, 0.15) is 10.6 Å². The van der Waals surface area contributed by atoms with Crippen LogP contribution in [-0.2, 0) is 26.0 Å². The van der Waals surface area contributed by atoms with Crippen LogP contribution in [0.15, 0.2) is 47.4 Å². The second-order valence-electron chi connectivity index (χ2n) is 9.15. The van der Waals surface area contributed by atoms with Gasteiger partial charge >= 0.3 is 0 Å². The van der Waals surface area contributed by atoms with E-state index in [1.165, 1.54) is 10.4 Å². The number of carbonyl (C=O) groups is 2. The van der Waals surface area contributed by atoms with E-state index >= 15 is 0 Å². The van der Waals surface area contributed by atoms with Crippen LogP contribution in [0, 0.1) is 5.92 Å². The lowest BCUT2D eigenvalue weighted by atomic mass is 9.97. The van der Waals surface area contributed by atoms with Crippen LogP contribution in [-0.4, -0.2) is 62.2 Å². The Labute approximate surface area is 217 Å². The topological polar surface area (TPSA) is 96.0 Å². The normalized spacial score (nSPS) is 17.2. The molecular weight excluding hydrogens is 502 g/mol. The number of nitrogens with one attached hydrogen (secondary N) is 1. The van der Waals surface area contributed by atoms with Crippen molar-refractivity contribution in [3.63, 3.8) is 0 Å². The number of hydrogen-bond donors (Lipinski definition) is 1. The molecule has 0 aromatic heterocycles. The summed E-state index contributed by atoms with van der Waals surface area (Å²) < 4.78 is 33.4. The minimum absolute atomic E-state index is 0.0445. The minimum atomic E-state index is -3.81. The Kier molecular flexibility index (Phi) is 8.54. The zero-order chi connectivity index (χ0) is 25.7. The molecule has 2 aliphatic rings. The molecule has 2 saturated heterocycles. The molecule has 0 atom stereocenters. The fraction of sp³-hybridized carbons (Fsp3) is 0.462. The van der Waals surface area contributed by atoms with E-state index in [4.69, 9.17) is 16.3 Å². The monoisotopic (exact) mass is 533 g/mol. The lowest BCUT2D eigenvalue weighted by Crippen LogP contribution is -2.41. The van der Waals surface area contributed by atoms with Gasteiger partial charge in [-0.1, -0.05) is 23.7 Å². The Balaban J connectivity index is 1.32. The van der Waals surface area contributed by atoms with E-state index in [1.807, 2.05) is 17.0 Å². The van der Waals surface area contributed by atoms with Crippen LogP contribution in [0.1, 0.15) is 38.2 Å². The molecule has 36 heavy (non-hydrogen) atoms. The lowest BCUT2D eigenvalue weighted by molar-refractivity contribution is -0.129. The molecule has 194 valence electrons. The van der Waals surface area contributed by atoms with Gasteiger partial charge in [0.25, 0.3) is 0 Å². The highest BCUT2D eigenvalue weighted by atomic mass is 35.5. The van der Waals surface area contributed by atoms with Crippen molar-refractivity contribution in [3.05, 3.63) is 53.1 Å². The summed E-state index contributed by atoms with van der Waals surface area (Å²) >= 11 is 6.06. The van der Waals surface area contributed by atoms with Crippen LogP contribution in [0.2, 0.25) is 5.02 Å². The zero-order valence-electron chi connectivity index (χ0n) is 20.4. The largest absolute Gasteiger partial charge is 0.492 e. The summed E-state index contributed by atoms with van der Waals surface area (Å²) in [6.07, 6.45) is 3.32. The smallest absolute Gasteiger partial charge is 0.246 e. The second-order valence-corrected chi connectivity index (χ2v) is 11.5. The van der Waals surface area contributed by atoms with Gasteiger partial charge in [0.2, 0.25) is 21.8 Å². The number of benzene rings is 2. The highest BCUT2D eigenvalue weighted by molar-refractivity contribution is 7.89. The average molecular weight is 534 g/mol. The van der Waals surface area contributed by atoms with Crippen molar-refractivity contribution in [1.29, 1.82) is 0 Å². The van der Waals surface area contributed by atoms with Crippen molar-refractivity contribution in [2.45, 2.75) is 43.9 Å². The SMILES string of the molecule is CCOc1ccc(Cl)cc1S(=O)(=O)N1CCC(C(=O)Nc2ccc(CC(=O)N3CCCC3)cc2)CC1. The molecule has 0 saturated carbocycles. The molecule has 0 aliphatic carbocycles. The first-order valence-corrected chi connectivity index (χ1v) is 14.2. The summed E-state index contributed by atoms with van der Waals surface area (Å²) in [5.41, 5.74) is 1.57. The fourth-order valence-corrected chi connectivity index (χ4v) is 6.52. The number of likely N-dealkylation sites (tertiary alicyclic amines) is 1. The molecule has 0 unspecified atom stereocenters. The molecular formula is C26H32ClN3O5S. The van der Waals surface area contributed by atoms with Gasteiger partial charge in [0.15, 0.2) is 0 Å². The van der Waals surface area contributed by atoms with Crippen LogP contribution in [0.3, 0.4) is 0 Å². The molecule has 2 amide bonds. The second kappa shape index (κ2) is 11.6. The summed E-state index contributed by atoms with van der Waals surface area (Å²) in [7, 11) is -3.81. The van der Waals surface area contributed by atoms with Crippen molar-refractivity contribution >= 4 is 39.1 Å². The van der Waals surface area contributed by atoms with Crippen molar-refractivity contribution in [2.75, 3.05) is 38.1 Å². The number of anilines is 1. The molecule has 2 heterocycles. The Hall–Kier alpha value is -2.62. The maximum atomic E-state index is 13.3. The van der Waals surface area contributed by atoms with Crippen LogP contribution < -0.4 is 10.1 Å². The molecule has 10 heteroatoms. The molecule has 1 N–H and O–H groups in total. The van der Waals surface area contributed by atoms with E-state index in [9.17, 15) is 18.0 Å². The highest BCUT2D eigenvalue weighted by Crippen LogP contribution is 2.32. The molecule has 8 nitrogen and oxygen atoms in total. The summed E-state index contributed by atoms with van der Waals surface area (Å²) in [6, 6.07) is 11.9. The lowest BCUT2D eigenvalue weighted by Gasteiger charge is -2.31. The van der Waals surface area contributed by atoms with Gasteiger partial charge in [0.05, 0.1) is 13.0 Å². The third kappa shape index (κ3) is 6.19. The summed E-state index contributed by atoms with van der Waals surface area (Å²) in [5.74, 6) is -0.0196. The Morgan fingerprint density at radius 3 is 2.33 bits per heavy atom. The first-order valence-electron chi connectivity index (χ1n) is 12.4. The Bertz CT molecular complexity index is 1190. The van der Waals surface area contributed by atoms with Crippen molar-refractivity contribution in [2.24, 2.45) is 5.92 Å². The maximum Gasteiger partial charge on any atom is 0.246 e. The van der Waals surface area contributed by atoms with E-state index in [0.717, 1.165) is 31.5 Å². The van der Waals surface area contributed by atoms with Crippen molar-refractivity contribution in [1.82, 2.24) is 9.21 Å². The zero-order valence-corrected chi connectivity index (χ0v) is 22.0. The minimum Gasteiger partial charge on any atom is -0.492 e. The number of piperidine rings is 1. The summed E-state index contributed by atoms with van der Waals surface area (Å²) in [4.78, 5) is 27.1. The van der Waals surface area contributed by atoms with E-state index in [0.29, 0.717) is 36.6 Å². The number of hydrogen-bond acceptors (Lipinski definition) is 5. The number of amides is 2. The average Bonchev–Trinajstić information content (AvgIpc) is 3.42. The summed E-state index contributed by atoms with van der Waals surface area (Å²) in [5, 5.41) is 3.24. The number of halogens is 1. The molecule has 4 rings (SSSR count). The first kappa shape index (κ1) is 26.4. The molecule has 2 fully saturated rings. The van der Waals surface area contributed by atoms with E-state index in [-0.39, 0.29) is 41.5 Å². The van der Waals surface area contributed by atoms with Crippen molar-refractivity contribution < 1.29 is 22.7 Å². The number of rotatable bonds is 8. The number of sulfonamides is 1. The standard InChI is InChI=1S/C26H32ClN3O5S/c1-2-35-23-10-7-21(27)18-24(23)36(33,34)30-15-11-20(12-16-30)26(32)28-22-8-5-19(6-9-22)17-25(31)29-13-3-4-14-29/h5-10,18,20H,2-4,11-17H2,1H3,(H,28,32). The fourth-order valence-electron chi connectivity index (χ4n) is 4.66. The quantitative estimate of drug-likeness (QED) is 0.554. The number of nitrogens with zero attached hydrogens (tertiary/aromatic N) is 2. The highest BCUT2D eigenvalue weighted by Gasteiger charge is 2.34. The molecule has 0 bridgehead atoms. The third-order valence-corrected chi connectivity index (χ3v) is 8.84. The van der Waals surface area contributed by atoms with Crippen LogP contribution in [0.4, 0.5) is 5.69 Å². The number of carbonyl (C=O) groups excluding carboxylic acids is 2. The van der Waals surface area contributed by atoms with Gasteiger partial charge in [-0.25, -0.2) is 8.42 Å². The Morgan fingerprint density at radius 2 is 1.69 bits per heavy atom. The molecule has 2 aliphatic heterocycles. The van der Waals surface area contributed by atoms with E-state index < -0.39 is 10.0 Å². The van der Waals surface area contributed by atoms with Crippen molar-refractivity contribution in [3.8, 4) is 5.75 Å². The van der Waals surface area contributed by atoms with Gasteiger partial charge in [-0.3, -0.25) is 9.59 Å². The predicted octanol–water partition coefficient (Wildman–Crippen LogP) is 3.94. The molecule has 2 aromatic carbocycles. The van der Waals surface area contributed by atoms with Gasteiger partial charge in [-0.15, -0.1) is 0 Å². The van der Waals surface area contributed by atoms with Crippen LogP contribution in [0.25, 0.3) is 0 Å². The third-order valence-electron chi connectivity index (χ3n) is 6.68. The molecule has 0 radical (unpaired) electrons. The number of ether oxygens (including phenoxy) is 1. The molecule has 2 aromatic rings. The maximum absolute atomic E-state index is 13.3. The predicted molar refractivity (Wildman–Crippen MR) is 139 cm³/mol. The van der Waals surface area contributed by atoms with E-state index in [1.54, 1.807) is 31.2 Å². The summed E-state index contributed by atoms with van der Waals surface area (Å²) in [6.45, 7) is 4.25. The first-order chi connectivity index (χ1) is 17.3. The van der Waals surface area contributed by atoms with Crippen LogP contribution in [0.5, 0.6) is 5.75 Å². The molecule has 0 spiro atoms. The van der Waals surface area contributed by atoms with Gasteiger partial charge in [-0.2, -0.15) is 4.31 Å². The van der Waals surface area contributed by atoms with Gasteiger partial charge in [-0.05, 0) is 68.5 Å². The van der Waals surface area contributed by atoms with Gasteiger partial charge in [0, 0.05) is 42.8 Å². The Morgan fingerprint density at radius 1 is 1.03 bits per heavy atom. The van der Waals surface area contributed by atoms with Crippen LogP contribution >= 0.6 is 11.6 Å². The van der Waals surface area contributed by atoms with E-state index in [2.05, 4.69) is 5.32 Å².